The van der Waals surface area contributed by atoms with Crippen LogP contribution in [0.3, 0.4) is 0 Å². The average molecular weight is 218 g/mol. The van der Waals surface area contributed by atoms with E-state index < -0.39 is 0 Å². The molecule has 2 rings (SSSR count). The molecule has 2 heterocycles. The zero-order chi connectivity index (χ0) is 11.5. The highest BCUT2D eigenvalue weighted by Gasteiger charge is 2.12. The third-order valence-electron chi connectivity index (χ3n) is 2.51. The van der Waals surface area contributed by atoms with Gasteiger partial charge in [0.25, 0.3) is 0 Å². The zero-order valence-corrected chi connectivity index (χ0v) is 9.43. The summed E-state index contributed by atoms with van der Waals surface area (Å²) in [5.41, 5.74) is 1.97. The Morgan fingerprint density at radius 2 is 2.38 bits per heavy atom. The summed E-state index contributed by atoms with van der Waals surface area (Å²) in [6.07, 6.45) is 6.41. The fraction of sp³-hybridized carbons (Fsp3) is 0.333. The molecule has 4 nitrogen and oxygen atoms in total. The van der Waals surface area contributed by atoms with E-state index in [4.69, 9.17) is 4.42 Å². The van der Waals surface area contributed by atoms with E-state index in [1.165, 1.54) is 0 Å². The molecular weight excluding hydrogens is 204 g/mol. The molecule has 0 aliphatic rings. The van der Waals surface area contributed by atoms with Crippen LogP contribution >= 0.6 is 0 Å². The average Bonchev–Trinajstić information content (AvgIpc) is 2.84. The van der Waals surface area contributed by atoms with E-state index in [0.29, 0.717) is 18.6 Å². The van der Waals surface area contributed by atoms with Crippen LogP contribution in [0.2, 0.25) is 0 Å². The highest BCUT2D eigenvalue weighted by Crippen LogP contribution is 2.13. The van der Waals surface area contributed by atoms with Crippen LogP contribution in [0.5, 0.6) is 0 Å². The summed E-state index contributed by atoms with van der Waals surface area (Å²) in [7, 11) is 1.86. The van der Waals surface area contributed by atoms with Gasteiger partial charge in [-0.05, 0) is 30.5 Å². The first-order valence-electron chi connectivity index (χ1n) is 5.21. The Kier molecular flexibility index (Phi) is 2.90. The Hall–Kier alpha value is -1.84. The molecule has 0 amide bonds. The predicted octanol–water partition coefficient (Wildman–Crippen LogP) is 2.14. The number of hydrogen-bond acceptors (Lipinski definition) is 3. The summed E-state index contributed by atoms with van der Waals surface area (Å²) in [5, 5.41) is 4.06. The van der Waals surface area contributed by atoms with Crippen LogP contribution < -0.4 is 0 Å². The molecule has 0 atom stereocenters. The van der Waals surface area contributed by atoms with Crippen molar-refractivity contribution in [3.8, 4) is 0 Å². The van der Waals surface area contributed by atoms with E-state index in [-0.39, 0.29) is 5.78 Å². The van der Waals surface area contributed by atoms with Crippen LogP contribution in [0.25, 0.3) is 0 Å². The largest absolute Gasteiger partial charge is 0.461 e. The number of furan rings is 1. The Morgan fingerprint density at radius 3 is 2.94 bits per heavy atom. The van der Waals surface area contributed by atoms with Gasteiger partial charge in [-0.3, -0.25) is 9.48 Å². The lowest BCUT2D eigenvalue weighted by Crippen LogP contribution is -2.01. The second kappa shape index (κ2) is 4.35. The molecule has 84 valence electrons. The van der Waals surface area contributed by atoms with Gasteiger partial charge in [0.05, 0.1) is 12.5 Å². The molecule has 0 N–H and O–H groups in total. The minimum Gasteiger partial charge on any atom is -0.461 e. The van der Waals surface area contributed by atoms with Crippen LogP contribution in [0.15, 0.2) is 29.1 Å². The normalized spacial score (nSPS) is 10.6. The first kappa shape index (κ1) is 10.7. The molecule has 2 aromatic rings. The quantitative estimate of drug-likeness (QED) is 0.739. The maximum Gasteiger partial charge on any atom is 0.198 e. The molecule has 0 aliphatic heterocycles. The SMILES string of the molecule is Cc1ccoc1C(=O)CCc1cnn(C)c1. The van der Waals surface area contributed by atoms with Crippen LogP contribution in [-0.4, -0.2) is 15.6 Å². The van der Waals surface area contributed by atoms with Gasteiger partial charge in [0.2, 0.25) is 0 Å². The third-order valence-corrected chi connectivity index (χ3v) is 2.51. The van der Waals surface area contributed by atoms with Crippen molar-refractivity contribution < 1.29 is 9.21 Å². The van der Waals surface area contributed by atoms with E-state index in [1.807, 2.05) is 20.2 Å². The van der Waals surface area contributed by atoms with E-state index in [9.17, 15) is 4.79 Å². The number of nitrogens with zero attached hydrogens (tertiary/aromatic N) is 2. The first-order valence-corrected chi connectivity index (χ1v) is 5.21. The van der Waals surface area contributed by atoms with Crippen molar-refractivity contribution in [2.75, 3.05) is 0 Å². The Balaban J connectivity index is 1.96. The van der Waals surface area contributed by atoms with Crippen molar-refractivity contribution in [1.82, 2.24) is 9.78 Å². The molecule has 0 aliphatic carbocycles. The maximum atomic E-state index is 11.8. The first-order chi connectivity index (χ1) is 7.66. The van der Waals surface area contributed by atoms with Crippen molar-refractivity contribution in [3.63, 3.8) is 0 Å². The molecular formula is C12H14N2O2. The molecule has 16 heavy (non-hydrogen) atoms. The number of aromatic nitrogens is 2. The third kappa shape index (κ3) is 2.21. The Bertz CT molecular complexity index is 497. The van der Waals surface area contributed by atoms with Gasteiger partial charge in [0, 0.05) is 19.7 Å². The molecule has 0 radical (unpaired) electrons. The minimum atomic E-state index is 0.0475. The maximum absolute atomic E-state index is 11.8. The lowest BCUT2D eigenvalue weighted by Gasteiger charge is -1.97. The smallest absolute Gasteiger partial charge is 0.198 e. The van der Waals surface area contributed by atoms with Crippen molar-refractivity contribution >= 4 is 5.78 Å². The van der Waals surface area contributed by atoms with E-state index in [0.717, 1.165) is 11.1 Å². The van der Waals surface area contributed by atoms with E-state index in [2.05, 4.69) is 5.10 Å². The number of Topliss-reactive ketones (excluding diaryl/α,β-unsaturated/α-hetero) is 1. The monoisotopic (exact) mass is 218 g/mol. The van der Waals surface area contributed by atoms with Crippen molar-refractivity contribution in [2.24, 2.45) is 7.05 Å². The van der Waals surface area contributed by atoms with Crippen molar-refractivity contribution in [3.05, 3.63) is 41.6 Å². The van der Waals surface area contributed by atoms with Crippen LogP contribution in [0, 0.1) is 6.92 Å². The molecule has 0 saturated carbocycles. The highest BCUT2D eigenvalue weighted by molar-refractivity contribution is 5.94. The van der Waals surface area contributed by atoms with Gasteiger partial charge in [-0.2, -0.15) is 5.10 Å². The van der Waals surface area contributed by atoms with E-state index >= 15 is 0 Å². The van der Waals surface area contributed by atoms with Gasteiger partial charge in [0.15, 0.2) is 11.5 Å². The molecule has 4 heteroatoms. The molecule has 0 saturated heterocycles. The minimum absolute atomic E-state index is 0.0475. The lowest BCUT2D eigenvalue weighted by atomic mass is 10.1. The predicted molar refractivity (Wildman–Crippen MR) is 59.3 cm³/mol. The fourth-order valence-corrected chi connectivity index (χ4v) is 1.63. The molecule has 0 unspecified atom stereocenters. The molecule has 0 bridgehead atoms. The Labute approximate surface area is 93.9 Å². The highest BCUT2D eigenvalue weighted by atomic mass is 16.3. The summed E-state index contributed by atoms with van der Waals surface area (Å²) in [6.45, 7) is 1.88. The van der Waals surface area contributed by atoms with Gasteiger partial charge in [0.1, 0.15) is 0 Å². The molecule has 0 spiro atoms. The summed E-state index contributed by atoms with van der Waals surface area (Å²) < 4.78 is 6.88. The van der Waals surface area contributed by atoms with Gasteiger partial charge < -0.3 is 4.42 Å². The van der Waals surface area contributed by atoms with Crippen LogP contribution in [-0.2, 0) is 13.5 Å². The summed E-state index contributed by atoms with van der Waals surface area (Å²) in [5.74, 6) is 0.523. The molecule has 0 aromatic carbocycles. The molecule has 2 aromatic heterocycles. The van der Waals surface area contributed by atoms with Gasteiger partial charge in [-0.1, -0.05) is 0 Å². The summed E-state index contributed by atoms with van der Waals surface area (Å²) in [6, 6.07) is 1.80. The standard InChI is InChI=1S/C12H14N2O2/c1-9-5-6-16-12(9)11(15)4-3-10-7-13-14(2)8-10/h5-8H,3-4H2,1-2H3. The van der Waals surface area contributed by atoms with Gasteiger partial charge >= 0.3 is 0 Å². The number of ketones is 1. The van der Waals surface area contributed by atoms with Crippen LogP contribution in [0.4, 0.5) is 0 Å². The van der Waals surface area contributed by atoms with Crippen LogP contribution in [0.1, 0.15) is 28.1 Å². The zero-order valence-electron chi connectivity index (χ0n) is 9.43. The number of carbonyl (C=O) groups excluding carboxylic acids is 1. The lowest BCUT2D eigenvalue weighted by molar-refractivity contribution is 0.0955. The number of carbonyl (C=O) groups is 1. The van der Waals surface area contributed by atoms with Gasteiger partial charge in [-0.15, -0.1) is 0 Å². The molecule has 0 fully saturated rings. The fourth-order valence-electron chi connectivity index (χ4n) is 1.63. The van der Waals surface area contributed by atoms with Crippen molar-refractivity contribution in [2.45, 2.75) is 19.8 Å². The second-order valence-electron chi connectivity index (χ2n) is 3.88. The van der Waals surface area contributed by atoms with Gasteiger partial charge in [-0.25, -0.2) is 0 Å². The van der Waals surface area contributed by atoms with E-state index in [1.54, 1.807) is 23.2 Å². The number of aryl methyl sites for hydroxylation is 3. The number of hydrogen-bond donors (Lipinski definition) is 0. The topological polar surface area (TPSA) is 48.0 Å². The number of rotatable bonds is 4. The Morgan fingerprint density at radius 1 is 1.56 bits per heavy atom. The second-order valence-corrected chi connectivity index (χ2v) is 3.88. The van der Waals surface area contributed by atoms with Crippen molar-refractivity contribution in [1.29, 1.82) is 0 Å². The summed E-state index contributed by atoms with van der Waals surface area (Å²) in [4.78, 5) is 11.8. The summed E-state index contributed by atoms with van der Waals surface area (Å²) >= 11 is 0.